The van der Waals surface area contributed by atoms with E-state index in [9.17, 15) is 4.79 Å². The molecule has 1 amide bonds. The minimum atomic E-state index is -0.216. The second-order valence-corrected chi connectivity index (χ2v) is 5.82. The van der Waals surface area contributed by atoms with Gasteiger partial charge in [0.25, 0.3) is 0 Å². The lowest BCUT2D eigenvalue weighted by Gasteiger charge is -2.25. The van der Waals surface area contributed by atoms with Gasteiger partial charge in [0.1, 0.15) is 12.9 Å². The number of ether oxygens (including phenoxy) is 2. The van der Waals surface area contributed by atoms with Crippen LogP contribution in [-0.2, 0) is 24.3 Å². The Labute approximate surface area is 141 Å². The molecule has 0 saturated heterocycles. The molecule has 24 heavy (non-hydrogen) atoms. The fourth-order valence-electron chi connectivity index (χ4n) is 2.88. The van der Waals surface area contributed by atoms with Gasteiger partial charge in [-0.1, -0.05) is 19.1 Å². The molecular formula is C17H22N4O3. The van der Waals surface area contributed by atoms with Crippen molar-refractivity contribution >= 4 is 5.91 Å². The van der Waals surface area contributed by atoms with Crippen LogP contribution in [-0.4, -0.2) is 34.4 Å². The summed E-state index contributed by atoms with van der Waals surface area (Å²) in [6.45, 7) is 3.66. The van der Waals surface area contributed by atoms with E-state index in [4.69, 9.17) is 9.47 Å². The van der Waals surface area contributed by atoms with Gasteiger partial charge in [0, 0.05) is 6.54 Å². The average Bonchev–Trinajstić information content (AvgIpc) is 3.06. The number of fused-ring (bicyclic) bond motifs is 1. The largest absolute Gasteiger partial charge is 0.493 e. The van der Waals surface area contributed by atoms with Crippen LogP contribution in [0.3, 0.4) is 0 Å². The highest BCUT2D eigenvalue weighted by Crippen LogP contribution is 2.35. The molecule has 0 spiro atoms. The molecule has 2 heterocycles. The molecule has 0 radical (unpaired) electrons. The molecule has 1 unspecified atom stereocenters. The summed E-state index contributed by atoms with van der Waals surface area (Å²) >= 11 is 0. The van der Waals surface area contributed by atoms with E-state index in [0.29, 0.717) is 25.3 Å². The monoisotopic (exact) mass is 330 g/mol. The summed E-state index contributed by atoms with van der Waals surface area (Å²) in [5.74, 6) is 1.97. The third-order valence-electron chi connectivity index (χ3n) is 4.13. The first kappa shape index (κ1) is 16.3. The van der Waals surface area contributed by atoms with E-state index in [1.165, 1.54) is 0 Å². The molecule has 1 aromatic carbocycles. The van der Waals surface area contributed by atoms with Crippen LogP contribution in [0.1, 0.15) is 24.7 Å². The number of nitrogens with one attached hydrogen (secondary N) is 1. The minimum absolute atomic E-state index is 0.0329. The second-order valence-electron chi connectivity index (χ2n) is 5.82. The number of hydrogen-bond acceptors (Lipinski definition) is 5. The van der Waals surface area contributed by atoms with Gasteiger partial charge >= 0.3 is 0 Å². The van der Waals surface area contributed by atoms with Gasteiger partial charge in [-0.25, -0.2) is 0 Å². The number of rotatable bonds is 6. The summed E-state index contributed by atoms with van der Waals surface area (Å²) in [6, 6.07) is 5.74. The van der Waals surface area contributed by atoms with Crippen LogP contribution in [0, 0.1) is 5.92 Å². The summed E-state index contributed by atoms with van der Waals surface area (Å²) < 4.78 is 13.0. The normalized spacial score (nSPS) is 16.2. The van der Waals surface area contributed by atoms with Crippen molar-refractivity contribution in [1.29, 1.82) is 0 Å². The quantitative estimate of drug-likeness (QED) is 0.870. The van der Waals surface area contributed by atoms with Crippen LogP contribution < -0.4 is 14.8 Å². The van der Waals surface area contributed by atoms with E-state index in [2.05, 4.69) is 22.4 Å². The molecule has 1 aliphatic heterocycles. The predicted molar refractivity (Wildman–Crippen MR) is 87.8 cm³/mol. The van der Waals surface area contributed by atoms with E-state index in [1.54, 1.807) is 13.4 Å². The van der Waals surface area contributed by atoms with Crippen LogP contribution >= 0.6 is 0 Å². The lowest BCUT2D eigenvalue weighted by Crippen LogP contribution is -2.37. The average molecular weight is 330 g/mol. The molecule has 1 N–H and O–H groups in total. The molecule has 2 aromatic rings. The molecule has 0 aliphatic carbocycles. The molecule has 1 aromatic heterocycles. The van der Waals surface area contributed by atoms with Gasteiger partial charge in [-0.3, -0.25) is 4.79 Å². The van der Waals surface area contributed by atoms with Gasteiger partial charge < -0.3 is 19.4 Å². The molecule has 0 fully saturated rings. The maximum absolute atomic E-state index is 12.4. The summed E-state index contributed by atoms with van der Waals surface area (Å²) in [5.41, 5.74) is 0.995. The Morgan fingerprint density at radius 2 is 2.38 bits per heavy atom. The summed E-state index contributed by atoms with van der Waals surface area (Å²) in [6.07, 6.45) is 3.32. The number of methoxy groups -OCH3 is 1. The SMILES string of the molecule is CCCn1cnnc1CNC(=O)C1COc2c(cccc2OC)C1. The van der Waals surface area contributed by atoms with Crippen LogP contribution in [0.5, 0.6) is 11.5 Å². The van der Waals surface area contributed by atoms with Gasteiger partial charge in [0.15, 0.2) is 17.3 Å². The Balaban J connectivity index is 1.61. The first-order chi connectivity index (χ1) is 11.7. The molecule has 1 atom stereocenters. The van der Waals surface area contributed by atoms with Crippen molar-refractivity contribution in [2.45, 2.75) is 32.9 Å². The number of carbonyl (C=O) groups excluding carboxylic acids is 1. The Kier molecular flexibility index (Phi) is 4.98. The number of aromatic nitrogens is 3. The smallest absolute Gasteiger partial charge is 0.227 e. The van der Waals surface area contributed by atoms with Crippen LogP contribution in [0.15, 0.2) is 24.5 Å². The molecule has 7 heteroatoms. The third kappa shape index (κ3) is 3.34. The van der Waals surface area contributed by atoms with Crippen molar-refractivity contribution < 1.29 is 14.3 Å². The number of para-hydroxylation sites is 1. The minimum Gasteiger partial charge on any atom is -0.493 e. The van der Waals surface area contributed by atoms with Gasteiger partial charge in [0.2, 0.25) is 5.91 Å². The topological polar surface area (TPSA) is 78.3 Å². The molecule has 0 saturated carbocycles. The zero-order valence-corrected chi connectivity index (χ0v) is 14.0. The highest BCUT2D eigenvalue weighted by Gasteiger charge is 2.27. The van der Waals surface area contributed by atoms with E-state index in [1.807, 2.05) is 22.8 Å². The molecule has 1 aliphatic rings. The van der Waals surface area contributed by atoms with Gasteiger partial charge in [-0.15, -0.1) is 10.2 Å². The number of aryl methyl sites for hydroxylation is 1. The van der Waals surface area contributed by atoms with Crippen molar-refractivity contribution in [2.24, 2.45) is 5.92 Å². The first-order valence-corrected chi connectivity index (χ1v) is 8.16. The van der Waals surface area contributed by atoms with E-state index >= 15 is 0 Å². The Hall–Kier alpha value is -2.57. The van der Waals surface area contributed by atoms with Crippen molar-refractivity contribution in [3.8, 4) is 11.5 Å². The van der Waals surface area contributed by atoms with E-state index in [-0.39, 0.29) is 11.8 Å². The Morgan fingerprint density at radius 3 is 3.17 bits per heavy atom. The van der Waals surface area contributed by atoms with E-state index in [0.717, 1.165) is 30.1 Å². The zero-order chi connectivity index (χ0) is 16.9. The third-order valence-corrected chi connectivity index (χ3v) is 4.13. The number of carbonyl (C=O) groups is 1. The van der Waals surface area contributed by atoms with Gasteiger partial charge in [-0.05, 0) is 24.5 Å². The summed E-state index contributed by atoms with van der Waals surface area (Å²) in [7, 11) is 1.62. The molecule has 3 rings (SSSR count). The highest BCUT2D eigenvalue weighted by atomic mass is 16.5. The lowest BCUT2D eigenvalue weighted by molar-refractivity contribution is -0.126. The molecule has 7 nitrogen and oxygen atoms in total. The van der Waals surface area contributed by atoms with Crippen LogP contribution in [0.4, 0.5) is 0 Å². The summed E-state index contributed by atoms with van der Waals surface area (Å²) in [5, 5.41) is 10.9. The maximum atomic E-state index is 12.4. The lowest BCUT2D eigenvalue weighted by atomic mass is 9.95. The molecular weight excluding hydrogens is 308 g/mol. The molecule has 128 valence electrons. The van der Waals surface area contributed by atoms with Crippen molar-refractivity contribution in [3.05, 3.63) is 35.9 Å². The van der Waals surface area contributed by atoms with E-state index < -0.39 is 0 Å². The fraction of sp³-hybridized carbons (Fsp3) is 0.471. The van der Waals surface area contributed by atoms with Crippen molar-refractivity contribution in [3.63, 3.8) is 0 Å². The van der Waals surface area contributed by atoms with Crippen molar-refractivity contribution in [1.82, 2.24) is 20.1 Å². The van der Waals surface area contributed by atoms with Gasteiger partial charge in [0.05, 0.1) is 19.6 Å². The number of benzene rings is 1. The maximum Gasteiger partial charge on any atom is 0.227 e. The van der Waals surface area contributed by atoms with Gasteiger partial charge in [-0.2, -0.15) is 0 Å². The Bertz CT molecular complexity index is 714. The zero-order valence-electron chi connectivity index (χ0n) is 14.0. The number of nitrogens with zero attached hydrogens (tertiary/aromatic N) is 3. The number of hydrogen-bond donors (Lipinski definition) is 1. The van der Waals surface area contributed by atoms with Crippen molar-refractivity contribution in [2.75, 3.05) is 13.7 Å². The number of amides is 1. The predicted octanol–water partition coefficient (Wildman–Crippen LogP) is 1.56. The molecule has 0 bridgehead atoms. The van der Waals surface area contributed by atoms with Crippen LogP contribution in [0.2, 0.25) is 0 Å². The highest BCUT2D eigenvalue weighted by molar-refractivity contribution is 5.79. The second kappa shape index (κ2) is 7.33. The summed E-state index contributed by atoms with van der Waals surface area (Å²) in [4.78, 5) is 12.4. The fourth-order valence-corrected chi connectivity index (χ4v) is 2.88. The Morgan fingerprint density at radius 1 is 1.50 bits per heavy atom. The van der Waals surface area contributed by atoms with Crippen LogP contribution in [0.25, 0.3) is 0 Å². The first-order valence-electron chi connectivity index (χ1n) is 8.16. The standard InChI is InChI=1S/C17H22N4O3/c1-3-7-21-11-19-20-15(21)9-18-17(22)13-8-12-5-4-6-14(23-2)16(12)24-10-13/h4-6,11,13H,3,7-10H2,1-2H3,(H,18,22).